The molecular formula is C7H13ClN6O. The number of nitrogens with zero attached hydrogens (tertiary/aromatic N) is 3. The molecule has 15 heavy (non-hydrogen) atoms. The lowest BCUT2D eigenvalue weighted by Crippen LogP contribution is -2.46. The lowest BCUT2D eigenvalue weighted by molar-refractivity contribution is 0.399. The molecule has 0 fully saturated rings. The first-order chi connectivity index (χ1) is 6.56. The Hall–Kier alpha value is -1.76. The molecule has 1 rings (SSSR count). The molecule has 0 radical (unpaired) electrons. The molecule has 1 aromatic heterocycles. The Morgan fingerprint density at radius 3 is 2.53 bits per heavy atom. The summed E-state index contributed by atoms with van der Waals surface area (Å²) in [5.74, 6) is 0.778. The van der Waals surface area contributed by atoms with Crippen molar-refractivity contribution >= 4 is 30.1 Å². The molecule has 5 N–H and O–H groups in total. The monoisotopic (exact) mass is 232 g/mol. The minimum Gasteiger partial charge on any atom is -0.369 e. The molecule has 0 aliphatic rings. The number of hydrogen-bond acceptors (Lipinski definition) is 4. The average molecular weight is 233 g/mol. The van der Waals surface area contributed by atoms with E-state index in [1.807, 2.05) is 0 Å². The van der Waals surface area contributed by atoms with Crippen LogP contribution in [0.1, 0.15) is 5.76 Å². The largest absolute Gasteiger partial charge is 0.369 e. The summed E-state index contributed by atoms with van der Waals surface area (Å²) in [6.07, 6.45) is 0. The summed E-state index contributed by atoms with van der Waals surface area (Å²) >= 11 is 0. The number of aromatic nitrogens is 1. The Morgan fingerprint density at radius 1 is 1.60 bits per heavy atom. The SMILES string of the molecule is CN=C(N)N(C(=N)N)c1cc(C)on1.Cl. The Bertz CT molecular complexity index is 373. The van der Waals surface area contributed by atoms with Gasteiger partial charge in [0.05, 0.1) is 0 Å². The van der Waals surface area contributed by atoms with Gasteiger partial charge in [0.15, 0.2) is 5.82 Å². The van der Waals surface area contributed by atoms with Crippen LogP contribution in [0, 0.1) is 12.3 Å². The van der Waals surface area contributed by atoms with Crippen LogP contribution in [0.5, 0.6) is 0 Å². The lowest BCUT2D eigenvalue weighted by atomic mass is 10.4. The molecule has 8 heteroatoms. The molecule has 0 saturated carbocycles. The highest BCUT2D eigenvalue weighted by atomic mass is 35.5. The maximum atomic E-state index is 7.29. The van der Waals surface area contributed by atoms with Gasteiger partial charge >= 0.3 is 0 Å². The Morgan fingerprint density at radius 2 is 2.20 bits per heavy atom. The van der Waals surface area contributed by atoms with Crippen LogP contribution in [0.3, 0.4) is 0 Å². The topological polar surface area (TPSA) is 118 Å². The molecule has 7 nitrogen and oxygen atoms in total. The quantitative estimate of drug-likeness (QED) is 0.467. The minimum absolute atomic E-state index is 0. The molecule has 0 saturated heterocycles. The van der Waals surface area contributed by atoms with Gasteiger partial charge in [-0.25, -0.2) is 4.90 Å². The predicted octanol–water partition coefficient (Wildman–Crippen LogP) is 0.0492. The summed E-state index contributed by atoms with van der Waals surface area (Å²) in [5.41, 5.74) is 10.9. The zero-order chi connectivity index (χ0) is 10.7. The van der Waals surface area contributed by atoms with Gasteiger partial charge in [0.2, 0.25) is 11.9 Å². The van der Waals surface area contributed by atoms with E-state index in [-0.39, 0.29) is 24.3 Å². The highest BCUT2D eigenvalue weighted by Crippen LogP contribution is 2.12. The van der Waals surface area contributed by atoms with Crippen molar-refractivity contribution in [2.75, 3.05) is 11.9 Å². The lowest BCUT2D eigenvalue weighted by Gasteiger charge is -2.16. The van der Waals surface area contributed by atoms with Gasteiger partial charge in [-0.15, -0.1) is 12.4 Å². The van der Waals surface area contributed by atoms with Gasteiger partial charge in [0.25, 0.3) is 0 Å². The normalized spacial score (nSPS) is 10.7. The molecule has 0 aliphatic heterocycles. The average Bonchev–Trinajstić information content (AvgIpc) is 2.51. The summed E-state index contributed by atoms with van der Waals surface area (Å²) in [4.78, 5) is 4.89. The van der Waals surface area contributed by atoms with Gasteiger partial charge in [0, 0.05) is 13.1 Å². The Labute approximate surface area is 93.0 Å². The third-order valence-corrected chi connectivity index (χ3v) is 1.54. The number of guanidine groups is 2. The molecule has 1 heterocycles. The predicted molar refractivity (Wildman–Crippen MR) is 60.4 cm³/mol. The highest BCUT2D eigenvalue weighted by Gasteiger charge is 2.17. The van der Waals surface area contributed by atoms with Crippen LogP contribution in [0.25, 0.3) is 0 Å². The molecular weight excluding hydrogens is 220 g/mol. The van der Waals surface area contributed by atoms with Crippen LogP contribution < -0.4 is 16.4 Å². The third-order valence-electron chi connectivity index (χ3n) is 1.54. The van der Waals surface area contributed by atoms with Gasteiger partial charge in [-0.1, -0.05) is 5.16 Å². The van der Waals surface area contributed by atoms with Crippen molar-refractivity contribution < 1.29 is 4.52 Å². The van der Waals surface area contributed by atoms with Gasteiger partial charge in [-0.2, -0.15) is 0 Å². The molecule has 0 unspecified atom stereocenters. The minimum atomic E-state index is -0.263. The summed E-state index contributed by atoms with van der Waals surface area (Å²) < 4.78 is 4.84. The van der Waals surface area contributed by atoms with Crippen molar-refractivity contribution in [1.82, 2.24) is 5.16 Å². The van der Waals surface area contributed by atoms with Gasteiger partial charge < -0.3 is 16.0 Å². The third kappa shape index (κ3) is 2.84. The second kappa shape index (κ2) is 5.20. The van der Waals surface area contributed by atoms with E-state index in [0.29, 0.717) is 11.6 Å². The molecule has 0 bridgehead atoms. The molecule has 84 valence electrons. The summed E-state index contributed by atoms with van der Waals surface area (Å²) in [7, 11) is 1.50. The summed E-state index contributed by atoms with van der Waals surface area (Å²) in [5, 5.41) is 11.0. The molecule has 0 aromatic carbocycles. The van der Waals surface area contributed by atoms with Crippen molar-refractivity contribution in [2.45, 2.75) is 6.92 Å². The zero-order valence-electron chi connectivity index (χ0n) is 8.39. The van der Waals surface area contributed by atoms with Crippen LogP contribution in [-0.4, -0.2) is 24.1 Å². The van der Waals surface area contributed by atoms with Crippen LogP contribution in [-0.2, 0) is 0 Å². The van der Waals surface area contributed by atoms with E-state index in [1.54, 1.807) is 13.0 Å². The molecule has 0 aliphatic carbocycles. The van der Waals surface area contributed by atoms with Crippen molar-refractivity contribution in [2.24, 2.45) is 16.5 Å². The number of nitrogens with one attached hydrogen (secondary N) is 1. The zero-order valence-corrected chi connectivity index (χ0v) is 9.21. The van der Waals surface area contributed by atoms with Crippen molar-refractivity contribution in [3.63, 3.8) is 0 Å². The number of rotatable bonds is 1. The van der Waals surface area contributed by atoms with Gasteiger partial charge in [0.1, 0.15) is 5.76 Å². The van der Waals surface area contributed by atoms with Crippen LogP contribution in [0.15, 0.2) is 15.6 Å². The molecule has 0 spiro atoms. The van der Waals surface area contributed by atoms with Crippen molar-refractivity contribution in [3.8, 4) is 0 Å². The fourth-order valence-corrected chi connectivity index (χ4v) is 0.923. The first-order valence-corrected chi connectivity index (χ1v) is 3.86. The van der Waals surface area contributed by atoms with E-state index in [0.717, 1.165) is 0 Å². The molecule has 0 atom stereocenters. The first-order valence-electron chi connectivity index (χ1n) is 3.86. The second-order valence-corrected chi connectivity index (χ2v) is 2.60. The number of nitrogens with two attached hydrogens (primary N) is 2. The van der Waals surface area contributed by atoms with Crippen LogP contribution in [0.2, 0.25) is 0 Å². The molecule has 0 amide bonds. The highest BCUT2D eigenvalue weighted by molar-refractivity contribution is 6.14. The van der Waals surface area contributed by atoms with Crippen LogP contribution in [0.4, 0.5) is 5.82 Å². The van der Waals surface area contributed by atoms with E-state index in [9.17, 15) is 0 Å². The van der Waals surface area contributed by atoms with Crippen LogP contribution >= 0.6 is 12.4 Å². The maximum Gasteiger partial charge on any atom is 0.203 e. The van der Waals surface area contributed by atoms with Crippen molar-refractivity contribution in [1.29, 1.82) is 5.41 Å². The summed E-state index contributed by atoms with van der Waals surface area (Å²) in [6.45, 7) is 1.73. The van der Waals surface area contributed by atoms with Gasteiger partial charge in [-0.3, -0.25) is 10.4 Å². The van der Waals surface area contributed by atoms with Crippen molar-refractivity contribution in [3.05, 3.63) is 11.8 Å². The number of aryl methyl sites for hydroxylation is 1. The van der Waals surface area contributed by atoms with E-state index < -0.39 is 0 Å². The standard InChI is InChI=1S/C7H12N6O.ClH/c1-4-3-5(12-14-4)13(6(8)9)7(10)11-2;/h3H,1-2H3,(H3,8,9)(H2,10,11);1H. The van der Waals surface area contributed by atoms with E-state index in [2.05, 4.69) is 10.1 Å². The fourth-order valence-electron chi connectivity index (χ4n) is 0.923. The Kier molecular flexibility index (Phi) is 4.59. The van der Waals surface area contributed by atoms with E-state index >= 15 is 0 Å². The Balaban J connectivity index is 0.00000196. The van der Waals surface area contributed by atoms with E-state index in [4.69, 9.17) is 21.4 Å². The number of halogens is 1. The second-order valence-electron chi connectivity index (χ2n) is 2.60. The summed E-state index contributed by atoms with van der Waals surface area (Å²) in [6, 6.07) is 1.61. The van der Waals surface area contributed by atoms with Gasteiger partial charge in [-0.05, 0) is 6.92 Å². The molecule has 1 aromatic rings. The first kappa shape index (κ1) is 13.2. The smallest absolute Gasteiger partial charge is 0.203 e. The number of anilines is 1. The number of hydrogen-bond donors (Lipinski definition) is 3. The van der Waals surface area contributed by atoms with E-state index in [1.165, 1.54) is 11.9 Å². The number of aliphatic imine (C=N–C) groups is 1. The fraction of sp³-hybridized carbons (Fsp3) is 0.286. The maximum absolute atomic E-state index is 7.29.